The Balaban J connectivity index is 2.29. The van der Waals surface area contributed by atoms with Gasteiger partial charge < -0.3 is 0 Å². The molecule has 0 spiro atoms. The highest BCUT2D eigenvalue weighted by molar-refractivity contribution is 9.10. The smallest absolute Gasteiger partial charge is 0.176 e. The number of benzene rings is 2. The van der Waals surface area contributed by atoms with Crippen LogP contribution < -0.4 is 0 Å². The molecule has 1 aromatic heterocycles. The molecule has 1 heterocycles. The summed E-state index contributed by atoms with van der Waals surface area (Å²) >= 11 is 3.88. The lowest BCUT2D eigenvalue weighted by molar-refractivity contribution is 0.101. The topological polar surface area (TPSA) is 42.9 Å². The van der Waals surface area contributed by atoms with Gasteiger partial charge in [-0.25, -0.2) is 8.78 Å². The number of hydrogen-bond acceptors (Lipinski definition) is 4. The fourth-order valence-electron chi connectivity index (χ4n) is 2.05. The summed E-state index contributed by atoms with van der Waals surface area (Å²) in [5.41, 5.74) is 1.58. The van der Waals surface area contributed by atoms with Crippen molar-refractivity contribution in [1.82, 2.24) is 8.75 Å². The van der Waals surface area contributed by atoms with Crippen LogP contribution in [0, 0.1) is 11.6 Å². The number of aromatic nitrogens is 2. The first-order valence-electron chi connectivity index (χ1n) is 5.90. The van der Waals surface area contributed by atoms with E-state index >= 15 is 0 Å². The Bertz CT molecular complexity index is 862. The first-order chi connectivity index (χ1) is 10.0. The maximum absolute atomic E-state index is 14.3. The number of carbonyl (C=O) groups is 1. The first-order valence-corrected chi connectivity index (χ1v) is 7.43. The third-order valence-corrected chi connectivity index (χ3v) is 4.37. The van der Waals surface area contributed by atoms with Crippen molar-refractivity contribution in [3.8, 4) is 11.1 Å². The quantitative estimate of drug-likeness (QED) is 0.490. The van der Waals surface area contributed by atoms with Crippen molar-refractivity contribution in [3.63, 3.8) is 0 Å². The Morgan fingerprint density at radius 1 is 1.10 bits per heavy atom. The second-order valence-electron chi connectivity index (χ2n) is 4.41. The van der Waals surface area contributed by atoms with Crippen LogP contribution in [0.1, 0.15) is 17.3 Å². The van der Waals surface area contributed by atoms with Crippen LogP contribution in [-0.4, -0.2) is 14.5 Å². The standard InChI is InChI=1S/C14H7BrF2N2OS/c1-6(20)7-2-4-8(5-3-7)9-11(16)12(17)10(15)14-13(9)18-21-19-14/h2-5H,1H3. The molecular weight excluding hydrogens is 362 g/mol. The zero-order chi connectivity index (χ0) is 15.1. The second-order valence-corrected chi connectivity index (χ2v) is 5.73. The van der Waals surface area contributed by atoms with Gasteiger partial charge in [0.05, 0.1) is 16.2 Å². The van der Waals surface area contributed by atoms with Crippen LogP contribution >= 0.6 is 27.7 Å². The second kappa shape index (κ2) is 5.23. The predicted octanol–water partition coefficient (Wildman–Crippen LogP) is 4.60. The number of hydrogen-bond donors (Lipinski definition) is 0. The van der Waals surface area contributed by atoms with Crippen LogP contribution in [0.25, 0.3) is 22.2 Å². The molecule has 0 aliphatic carbocycles. The van der Waals surface area contributed by atoms with Crippen molar-refractivity contribution in [3.05, 3.63) is 45.9 Å². The maximum Gasteiger partial charge on any atom is 0.176 e. The number of rotatable bonds is 2. The Labute approximate surface area is 131 Å². The molecule has 3 nitrogen and oxygen atoms in total. The molecule has 0 amide bonds. The molecule has 0 aliphatic rings. The van der Waals surface area contributed by atoms with E-state index in [0.29, 0.717) is 16.6 Å². The summed E-state index contributed by atoms with van der Waals surface area (Å²) in [6, 6.07) is 6.29. The zero-order valence-electron chi connectivity index (χ0n) is 10.7. The van der Waals surface area contributed by atoms with Crippen molar-refractivity contribution in [1.29, 1.82) is 0 Å². The van der Waals surface area contributed by atoms with Gasteiger partial charge in [-0.05, 0) is 28.4 Å². The summed E-state index contributed by atoms with van der Waals surface area (Å²) < 4.78 is 36.2. The van der Waals surface area contributed by atoms with Crippen molar-refractivity contribution in [2.75, 3.05) is 0 Å². The minimum Gasteiger partial charge on any atom is -0.295 e. The number of Topliss-reactive ketones (excluding diaryl/α,β-unsaturated/α-hetero) is 1. The van der Waals surface area contributed by atoms with Crippen molar-refractivity contribution >= 4 is 44.5 Å². The lowest BCUT2D eigenvalue weighted by Gasteiger charge is -2.07. The van der Waals surface area contributed by atoms with Gasteiger partial charge in [-0.1, -0.05) is 24.3 Å². The number of ketones is 1. The molecule has 0 radical (unpaired) electrons. The molecule has 3 rings (SSSR count). The van der Waals surface area contributed by atoms with Crippen LogP contribution in [0.2, 0.25) is 0 Å². The molecule has 0 bridgehead atoms. The number of fused-ring (bicyclic) bond motifs is 1. The van der Waals surface area contributed by atoms with E-state index in [1.54, 1.807) is 24.3 Å². The van der Waals surface area contributed by atoms with Crippen molar-refractivity contribution in [2.24, 2.45) is 0 Å². The van der Waals surface area contributed by atoms with E-state index in [0.717, 1.165) is 11.7 Å². The van der Waals surface area contributed by atoms with Crippen LogP contribution in [-0.2, 0) is 0 Å². The largest absolute Gasteiger partial charge is 0.295 e. The molecule has 0 fully saturated rings. The SMILES string of the molecule is CC(=O)c1ccc(-c2c(F)c(F)c(Br)c3nsnc23)cc1. The van der Waals surface area contributed by atoms with Crippen LogP contribution in [0.15, 0.2) is 28.7 Å². The summed E-state index contributed by atoms with van der Waals surface area (Å²) in [7, 11) is 0. The van der Waals surface area contributed by atoms with Gasteiger partial charge in [0.25, 0.3) is 0 Å². The van der Waals surface area contributed by atoms with Crippen molar-refractivity contribution in [2.45, 2.75) is 6.92 Å². The molecule has 0 saturated carbocycles. The molecule has 0 saturated heterocycles. The van der Waals surface area contributed by atoms with Gasteiger partial charge in [-0.3, -0.25) is 4.79 Å². The third-order valence-electron chi connectivity index (χ3n) is 3.12. The summed E-state index contributed by atoms with van der Waals surface area (Å²) in [6.45, 7) is 1.44. The lowest BCUT2D eigenvalue weighted by atomic mass is 10.0. The molecular formula is C14H7BrF2N2OS. The fourth-order valence-corrected chi connectivity index (χ4v) is 3.17. The molecule has 7 heteroatoms. The first kappa shape index (κ1) is 14.2. The fraction of sp³-hybridized carbons (Fsp3) is 0.0714. The molecule has 0 unspecified atom stereocenters. The zero-order valence-corrected chi connectivity index (χ0v) is 13.1. The van der Waals surface area contributed by atoms with E-state index in [1.807, 2.05) is 0 Å². The Morgan fingerprint density at radius 2 is 1.71 bits per heavy atom. The van der Waals surface area contributed by atoms with Crippen LogP contribution in [0.5, 0.6) is 0 Å². The van der Waals surface area contributed by atoms with E-state index in [2.05, 4.69) is 24.7 Å². The highest BCUT2D eigenvalue weighted by Gasteiger charge is 2.22. The summed E-state index contributed by atoms with van der Waals surface area (Å²) in [6.07, 6.45) is 0. The lowest BCUT2D eigenvalue weighted by Crippen LogP contribution is -1.96. The Kier molecular flexibility index (Phi) is 3.54. The summed E-state index contributed by atoms with van der Waals surface area (Å²) in [5.74, 6) is -2.08. The Hall–Kier alpha value is -1.73. The van der Waals surface area contributed by atoms with Gasteiger partial charge in [0.15, 0.2) is 17.4 Å². The van der Waals surface area contributed by atoms with Gasteiger partial charge in [0.2, 0.25) is 0 Å². The molecule has 2 aromatic carbocycles. The van der Waals surface area contributed by atoms with Gasteiger partial charge >= 0.3 is 0 Å². The average molecular weight is 369 g/mol. The molecule has 3 aromatic rings. The van der Waals surface area contributed by atoms with E-state index in [4.69, 9.17) is 0 Å². The predicted molar refractivity (Wildman–Crippen MR) is 80.5 cm³/mol. The maximum atomic E-state index is 14.3. The van der Waals surface area contributed by atoms with E-state index in [1.165, 1.54) is 6.92 Å². The van der Waals surface area contributed by atoms with E-state index in [9.17, 15) is 13.6 Å². The van der Waals surface area contributed by atoms with Gasteiger partial charge in [-0.15, -0.1) is 0 Å². The number of halogens is 3. The number of nitrogens with zero attached hydrogens (tertiary/aromatic N) is 2. The van der Waals surface area contributed by atoms with Crippen LogP contribution in [0.4, 0.5) is 8.78 Å². The molecule has 0 aliphatic heterocycles. The Morgan fingerprint density at radius 3 is 2.33 bits per heavy atom. The monoisotopic (exact) mass is 368 g/mol. The third kappa shape index (κ3) is 2.26. The van der Waals surface area contributed by atoms with Gasteiger partial charge in [-0.2, -0.15) is 8.75 Å². The summed E-state index contributed by atoms with van der Waals surface area (Å²) in [5, 5.41) is 0. The van der Waals surface area contributed by atoms with E-state index in [-0.39, 0.29) is 21.3 Å². The molecule has 0 N–H and O–H groups in total. The highest BCUT2D eigenvalue weighted by atomic mass is 79.9. The van der Waals surface area contributed by atoms with Gasteiger partial charge in [0, 0.05) is 11.1 Å². The van der Waals surface area contributed by atoms with Crippen molar-refractivity contribution < 1.29 is 13.6 Å². The van der Waals surface area contributed by atoms with E-state index < -0.39 is 11.6 Å². The van der Waals surface area contributed by atoms with Gasteiger partial charge in [0.1, 0.15) is 11.0 Å². The molecule has 21 heavy (non-hydrogen) atoms. The minimum atomic E-state index is -0.999. The molecule has 0 atom stereocenters. The number of carbonyl (C=O) groups excluding carboxylic acids is 1. The van der Waals surface area contributed by atoms with Crippen LogP contribution in [0.3, 0.4) is 0 Å². The minimum absolute atomic E-state index is 0.0344. The normalized spacial score (nSPS) is 11.0. The molecule has 106 valence electrons. The summed E-state index contributed by atoms with van der Waals surface area (Å²) in [4.78, 5) is 11.3. The highest BCUT2D eigenvalue weighted by Crippen LogP contribution is 2.37. The average Bonchev–Trinajstić information content (AvgIpc) is 2.95.